The van der Waals surface area contributed by atoms with Crippen LogP contribution in [0.5, 0.6) is 5.75 Å². The zero-order valence-electron chi connectivity index (χ0n) is 12.9. The second-order valence-electron chi connectivity index (χ2n) is 7.36. The third kappa shape index (κ3) is 2.45. The second kappa shape index (κ2) is 5.15. The molecule has 3 rings (SSSR count). The van der Waals surface area contributed by atoms with Crippen LogP contribution < -0.4 is 10.1 Å². The van der Waals surface area contributed by atoms with Crippen molar-refractivity contribution in [1.29, 1.82) is 0 Å². The van der Waals surface area contributed by atoms with E-state index in [-0.39, 0.29) is 16.9 Å². The van der Waals surface area contributed by atoms with E-state index in [9.17, 15) is 5.11 Å². The lowest BCUT2D eigenvalue weighted by Gasteiger charge is -2.54. The van der Waals surface area contributed by atoms with Crippen LogP contribution in [0, 0.1) is 11.3 Å². The Balaban J connectivity index is 2.13. The number of aliphatic hydroxyl groups excluding tert-OH is 1. The Kier molecular flexibility index (Phi) is 3.71. The van der Waals surface area contributed by atoms with Gasteiger partial charge in [0.2, 0.25) is 0 Å². The van der Waals surface area contributed by atoms with Crippen LogP contribution in [-0.4, -0.2) is 23.8 Å². The number of aliphatic hydroxyl groups is 1. The fourth-order valence-electron chi connectivity index (χ4n) is 4.16. The van der Waals surface area contributed by atoms with E-state index >= 15 is 0 Å². The first-order valence-corrected chi connectivity index (χ1v) is 8.09. The van der Waals surface area contributed by atoms with Gasteiger partial charge in [0.1, 0.15) is 11.4 Å². The van der Waals surface area contributed by atoms with E-state index in [1.807, 2.05) is 18.2 Å². The van der Waals surface area contributed by atoms with E-state index in [1.165, 1.54) is 0 Å². The summed E-state index contributed by atoms with van der Waals surface area (Å²) in [7, 11) is 0. The van der Waals surface area contributed by atoms with Gasteiger partial charge in [-0.2, -0.15) is 0 Å². The van der Waals surface area contributed by atoms with E-state index in [0.717, 1.165) is 37.2 Å². The van der Waals surface area contributed by atoms with Crippen molar-refractivity contribution in [2.24, 2.45) is 11.3 Å². The minimum atomic E-state index is -0.583. The molecule has 2 heterocycles. The Morgan fingerprint density at radius 2 is 1.95 bits per heavy atom. The van der Waals surface area contributed by atoms with E-state index in [1.54, 1.807) is 0 Å². The minimum Gasteiger partial charge on any atom is -0.486 e. The summed E-state index contributed by atoms with van der Waals surface area (Å²) < 4.78 is 6.47. The van der Waals surface area contributed by atoms with Crippen LogP contribution >= 0.6 is 11.6 Å². The summed E-state index contributed by atoms with van der Waals surface area (Å²) in [4.78, 5) is 0. The van der Waals surface area contributed by atoms with Crippen molar-refractivity contribution in [3.05, 3.63) is 28.8 Å². The van der Waals surface area contributed by atoms with Gasteiger partial charge in [-0.15, -0.1) is 0 Å². The molecule has 116 valence electrons. The Bertz CT molecular complexity index is 532. The number of benzene rings is 1. The Morgan fingerprint density at radius 1 is 1.29 bits per heavy atom. The van der Waals surface area contributed by atoms with Crippen LogP contribution in [0.4, 0.5) is 0 Å². The standard InChI is InChI=1S/C17H24ClNO2/c1-16(2,3)15-14(20)13-11(18)5-4-6-12(13)21-17(15)7-9-19-10-8-17/h4-6,14-15,19-20H,7-10H2,1-3H3. The van der Waals surface area contributed by atoms with Gasteiger partial charge in [-0.1, -0.05) is 38.4 Å². The molecule has 0 saturated carbocycles. The highest BCUT2D eigenvalue weighted by molar-refractivity contribution is 6.31. The molecule has 2 aliphatic heterocycles. The number of halogens is 1. The number of fused-ring (bicyclic) bond motifs is 1. The maximum absolute atomic E-state index is 11.1. The highest BCUT2D eigenvalue weighted by atomic mass is 35.5. The summed E-state index contributed by atoms with van der Waals surface area (Å²) >= 11 is 6.33. The van der Waals surface area contributed by atoms with Crippen molar-refractivity contribution < 1.29 is 9.84 Å². The van der Waals surface area contributed by atoms with E-state index in [2.05, 4.69) is 26.1 Å². The summed E-state index contributed by atoms with van der Waals surface area (Å²) in [5.74, 6) is 0.775. The van der Waals surface area contributed by atoms with Crippen molar-refractivity contribution >= 4 is 11.6 Å². The van der Waals surface area contributed by atoms with Gasteiger partial charge in [0.05, 0.1) is 11.1 Å². The number of nitrogens with one attached hydrogen (secondary N) is 1. The predicted octanol–water partition coefficient (Wildman–Crippen LogP) is 3.55. The zero-order chi connectivity index (χ0) is 15.3. The minimum absolute atomic E-state index is 0.0273. The molecular formula is C17H24ClNO2. The van der Waals surface area contributed by atoms with Crippen LogP contribution in [0.25, 0.3) is 0 Å². The highest BCUT2D eigenvalue weighted by Gasteiger charge is 2.54. The molecule has 1 aromatic rings. The van der Waals surface area contributed by atoms with Crippen LogP contribution in [0.3, 0.4) is 0 Å². The smallest absolute Gasteiger partial charge is 0.127 e. The summed E-state index contributed by atoms with van der Waals surface area (Å²) in [5, 5.41) is 15.1. The SMILES string of the molecule is CC(C)(C)C1C(O)c2c(Cl)cccc2OC12CCNCC2. The third-order valence-electron chi connectivity index (χ3n) is 4.89. The number of hydrogen-bond donors (Lipinski definition) is 2. The monoisotopic (exact) mass is 309 g/mol. The van der Waals surface area contributed by atoms with Crippen molar-refractivity contribution in [3.8, 4) is 5.75 Å². The quantitative estimate of drug-likeness (QED) is 0.770. The van der Waals surface area contributed by atoms with Gasteiger partial charge < -0.3 is 15.2 Å². The molecule has 21 heavy (non-hydrogen) atoms. The first-order chi connectivity index (χ1) is 9.85. The van der Waals surface area contributed by atoms with Gasteiger partial charge in [-0.3, -0.25) is 0 Å². The van der Waals surface area contributed by atoms with E-state index in [0.29, 0.717) is 5.02 Å². The van der Waals surface area contributed by atoms with Crippen LogP contribution in [0.1, 0.15) is 45.3 Å². The molecule has 2 atom stereocenters. The summed E-state index contributed by atoms with van der Waals surface area (Å²) in [6.45, 7) is 8.38. The number of ether oxygens (including phenoxy) is 1. The molecule has 2 N–H and O–H groups in total. The van der Waals surface area contributed by atoms with E-state index < -0.39 is 6.10 Å². The fraction of sp³-hybridized carbons (Fsp3) is 0.647. The summed E-state index contributed by atoms with van der Waals surface area (Å²) in [5.41, 5.74) is 0.386. The molecule has 0 aromatic heterocycles. The van der Waals surface area contributed by atoms with Crippen molar-refractivity contribution in [1.82, 2.24) is 5.32 Å². The number of hydrogen-bond acceptors (Lipinski definition) is 3. The number of rotatable bonds is 0. The topological polar surface area (TPSA) is 41.5 Å². The third-order valence-corrected chi connectivity index (χ3v) is 5.22. The molecule has 1 aromatic carbocycles. The molecule has 1 fully saturated rings. The van der Waals surface area contributed by atoms with Gasteiger partial charge in [0, 0.05) is 24.3 Å². The molecular weight excluding hydrogens is 286 g/mol. The van der Waals surface area contributed by atoms with Gasteiger partial charge in [0.15, 0.2) is 0 Å². The molecule has 0 aliphatic carbocycles. The van der Waals surface area contributed by atoms with Crippen molar-refractivity contribution in [2.75, 3.05) is 13.1 Å². The van der Waals surface area contributed by atoms with Crippen molar-refractivity contribution in [2.45, 2.75) is 45.3 Å². The Labute approximate surface area is 131 Å². The second-order valence-corrected chi connectivity index (χ2v) is 7.76. The molecule has 0 bridgehead atoms. The number of piperidine rings is 1. The molecule has 2 aliphatic rings. The average Bonchev–Trinajstić information content (AvgIpc) is 2.37. The van der Waals surface area contributed by atoms with Crippen LogP contribution in [0.15, 0.2) is 18.2 Å². The first-order valence-electron chi connectivity index (χ1n) is 7.71. The molecule has 0 radical (unpaired) electrons. The largest absolute Gasteiger partial charge is 0.486 e. The fourth-order valence-corrected chi connectivity index (χ4v) is 4.43. The molecule has 2 unspecified atom stereocenters. The Hall–Kier alpha value is -0.770. The lowest BCUT2D eigenvalue weighted by molar-refractivity contribution is -0.133. The van der Waals surface area contributed by atoms with Crippen LogP contribution in [0.2, 0.25) is 5.02 Å². The molecule has 1 saturated heterocycles. The van der Waals surface area contributed by atoms with Crippen LogP contribution in [-0.2, 0) is 0 Å². The average molecular weight is 310 g/mol. The Morgan fingerprint density at radius 3 is 2.57 bits per heavy atom. The normalized spacial score (nSPS) is 28.0. The highest BCUT2D eigenvalue weighted by Crippen LogP contribution is 2.55. The first kappa shape index (κ1) is 15.1. The van der Waals surface area contributed by atoms with Crippen molar-refractivity contribution in [3.63, 3.8) is 0 Å². The van der Waals surface area contributed by atoms with Gasteiger partial charge in [-0.05, 0) is 30.6 Å². The lowest BCUT2D eigenvalue weighted by Crippen LogP contribution is -2.58. The molecule has 1 spiro atoms. The van der Waals surface area contributed by atoms with Gasteiger partial charge in [0.25, 0.3) is 0 Å². The van der Waals surface area contributed by atoms with Gasteiger partial charge in [-0.25, -0.2) is 0 Å². The maximum Gasteiger partial charge on any atom is 0.127 e. The zero-order valence-corrected chi connectivity index (χ0v) is 13.7. The summed E-state index contributed by atoms with van der Waals surface area (Å²) in [6.07, 6.45) is 1.25. The maximum atomic E-state index is 11.1. The molecule has 0 amide bonds. The van der Waals surface area contributed by atoms with E-state index in [4.69, 9.17) is 16.3 Å². The predicted molar refractivity (Wildman–Crippen MR) is 84.8 cm³/mol. The summed E-state index contributed by atoms with van der Waals surface area (Å²) in [6, 6.07) is 5.64. The lowest BCUT2D eigenvalue weighted by atomic mass is 9.62. The van der Waals surface area contributed by atoms with Gasteiger partial charge >= 0.3 is 0 Å². The molecule has 4 heteroatoms. The molecule has 3 nitrogen and oxygen atoms in total.